The Morgan fingerprint density at radius 2 is 2.40 bits per heavy atom. The standard InChI is InChI=1S/C10H19NO3S/c1-7(4-11)5-15-6-8-2-3-9(14-8)10(12)13/h7-9H,2-6,11H2,1H3,(H,12,13). The molecule has 15 heavy (non-hydrogen) atoms. The zero-order valence-electron chi connectivity index (χ0n) is 9.02. The summed E-state index contributed by atoms with van der Waals surface area (Å²) in [5.74, 6) is 1.59. The average molecular weight is 233 g/mol. The molecule has 0 aromatic rings. The number of hydrogen-bond donors (Lipinski definition) is 2. The van der Waals surface area contributed by atoms with E-state index in [2.05, 4.69) is 6.92 Å². The molecule has 0 aliphatic carbocycles. The minimum atomic E-state index is -0.835. The average Bonchev–Trinajstić information content (AvgIpc) is 2.66. The van der Waals surface area contributed by atoms with Crippen molar-refractivity contribution in [3.63, 3.8) is 0 Å². The molecule has 4 nitrogen and oxygen atoms in total. The zero-order chi connectivity index (χ0) is 11.3. The molecule has 5 heteroatoms. The number of carbonyl (C=O) groups is 1. The van der Waals surface area contributed by atoms with Crippen molar-refractivity contribution in [1.29, 1.82) is 0 Å². The summed E-state index contributed by atoms with van der Waals surface area (Å²) in [5.41, 5.74) is 5.51. The fourth-order valence-corrected chi connectivity index (χ4v) is 2.66. The Labute approximate surface area is 94.6 Å². The molecule has 0 saturated carbocycles. The number of thioether (sulfide) groups is 1. The molecule has 0 radical (unpaired) electrons. The predicted molar refractivity (Wildman–Crippen MR) is 61.1 cm³/mol. The molecule has 1 heterocycles. The molecule has 1 aliphatic heterocycles. The van der Waals surface area contributed by atoms with Crippen molar-refractivity contribution in [1.82, 2.24) is 0 Å². The van der Waals surface area contributed by atoms with Gasteiger partial charge >= 0.3 is 5.97 Å². The SMILES string of the molecule is CC(CN)CSCC1CCC(C(=O)O)O1. The Hall–Kier alpha value is -0.260. The molecule has 0 spiro atoms. The van der Waals surface area contributed by atoms with Crippen molar-refractivity contribution in [2.24, 2.45) is 11.7 Å². The van der Waals surface area contributed by atoms with E-state index in [4.69, 9.17) is 15.6 Å². The van der Waals surface area contributed by atoms with Gasteiger partial charge in [0.15, 0.2) is 6.10 Å². The number of carboxylic acids is 1. The van der Waals surface area contributed by atoms with Crippen LogP contribution in [0.15, 0.2) is 0 Å². The molecule has 3 unspecified atom stereocenters. The summed E-state index contributed by atoms with van der Waals surface area (Å²) in [6.45, 7) is 2.82. The maximum atomic E-state index is 10.6. The molecule has 1 rings (SSSR count). The van der Waals surface area contributed by atoms with E-state index in [-0.39, 0.29) is 6.10 Å². The quantitative estimate of drug-likeness (QED) is 0.714. The van der Waals surface area contributed by atoms with Crippen LogP contribution in [0.4, 0.5) is 0 Å². The van der Waals surface area contributed by atoms with E-state index in [1.165, 1.54) is 0 Å². The fourth-order valence-electron chi connectivity index (χ4n) is 1.48. The van der Waals surface area contributed by atoms with Crippen molar-refractivity contribution in [3.8, 4) is 0 Å². The van der Waals surface area contributed by atoms with Crippen LogP contribution in [-0.4, -0.2) is 41.3 Å². The van der Waals surface area contributed by atoms with Gasteiger partial charge in [-0.1, -0.05) is 6.92 Å². The maximum absolute atomic E-state index is 10.6. The Morgan fingerprint density at radius 3 is 2.93 bits per heavy atom. The zero-order valence-corrected chi connectivity index (χ0v) is 9.83. The van der Waals surface area contributed by atoms with Gasteiger partial charge in [-0.05, 0) is 31.1 Å². The monoisotopic (exact) mass is 233 g/mol. The van der Waals surface area contributed by atoms with Gasteiger partial charge < -0.3 is 15.6 Å². The summed E-state index contributed by atoms with van der Waals surface area (Å²) in [5, 5.41) is 8.73. The van der Waals surface area contributed by atoms with Crippen molar-refractivity contribution in [2.75, 3.05) is 18.1 Å². The lowest BCUT2D eigenvalue weighted by Crippen LogP contribution is -2.21. The normalized spacial score (nSPS) is 27.9. The summed E-state index contributed by atoms with van der Waals surface area (Å²) < 4.78 is 5.39. The third-order valence-corrected chi connectivity index (χ3v) is 3.90. The lowest BCUT2D eigenvalue weighted by Gasteiger charge is -2.12. The van der Waals surface area contributed by atoms with Crippen LogP contribution in [0.5, 0.6) is 0 Å². The molecule has 0 bridgehead atoms. The number of carboxylic acid groups (broad SMARTS) is 1. The number of rotatable bonds is 6. The Bertz CT molecular complexity index is 213. The van der Waals surface area contributed by atoms with E-state index in [0.717, 1.165) is 17.9 Å². The fraction of sp³-hybridized carbons (Fsp3) is 0.900. The van der Waals surface area contributed by atoms with Crippen LogP contribution in [0.2, 0.25) is 0 Å². The second-order valence-electron chi connectivity index (χ2n) is 4.04. The van der Waals surface area contributed by atoms with Crippen LogP contribution in [0.3, 0.4) is 0 Å². The predicted octanol–water partition coefficient (Wildman–Crippen LogP) is 0.947. The van der Waals surface area contributed by atoms with Gasteiger partial charge in [0.1, 0.15) is 0 Å². The van der Waals surface area contributed by atoms with E-state index < -0.39 is 12.1 Å². The van der Waals surface area contributed by atoms with Crippen molar-refractivity contribution in [2.45, 2.75) is 32.0 Å². The molecule has 1 aliphatic rings. The van der Waals surface area contributed by atoms with Gasteiger partial charge in [0.2, 0.25) is 0 Å². The lowest BCUT2D eigenvalue weighted by atomic mass is 10.2. The summed E-state index contributed by atoms with van der Waals surface area (Å²) in [6, 6.07) is 0. The van der Waals surface area contributed by atoms with Crippen LogP contribution >= 0.6 is 11.8 Å². The highest BCUT2D eigenvalue weighted by molar-refractivity contribution is 7.99. The molecule has 1 fully saturated rings. The highest BCUT2D eigenvalue weighted by atomic mass is 32.2. The van der Waals surface area contributed by atoms with E-state index in [0.29, 0.717) is 18.9 Å². The second kappa shape index (κ2) is 6.35. The van der Waals surface area contributed by atoms with Crippen molar-refractivity contribution in [3.05, 3.63) is 0 Å². The molecule has 1 saturated heterocycles. The van der Waals surface area contributed by atoms with Crippen LogP contribution in [-0.2, 0) is 9.53 Å². The highest BCUT2D eigenvalue weighted by Crippen LogP contribution is 2.23. The first-order valence-electron chi connectivity index (χ1n) is 5.29. The molecule has 3 atom stereocenters. The van der Waals surface area contributed by atoms with Crippen molar-refractivity contribution < 1.29 is 14.6 Å². The summed E-state index contributed by atoms with van der Waals surface area (Å²) in [4.78, 5) is 10.6. The first kappa shape index (κ1) is 12.8. The third-order valence-electron chi connectivity index (χ3n) is 2.49. The summed E-state index contributed by atoms with van der Waals surface area (Å²) in [7, 11) is 0. The number of aliphatic carboxylic acids is 1. The molecular formula is C10H19NO3S. The van der Waals surface area contributed by atoms with Crippen LogP contribution < -0.4 is 5.73 Å². The van der Waals surface area contributed by atoms with Gasteiger partial charge in [-0.15, -0.1) is 0 Å². The van der Waals surface area contributed by atoms with Gasteiger partial charge in [-0.25, -0.2) is 4.79 Å². The number of ether oxygens (including phenoxy) is 1. The largest absolute Gasteiger partial charge is 0.479 e. The van der Waals surface area contributed by atoms with Gasteiger partial charge in [0, 0.05) is 5.75 Å². The van der Waals surface area contributed by atoms with E-state index in [1.54, 1.807) is 11.8 Å². The smallest absolute Gasteiger partial charge is 0.332 e. The van der Waals surface area contributed by atoms with Gasteiger partial charge in [0.25, 0.3) is 0 Å². The first-order chi connectivity index (χ1) is 7.13. The summed E-state index contributed by atoms with van der Waals surface area (Å²) in [6.07, 6.45) is 1.04. The molecule has 88 valence electrons. The van der Waals surface area contributed by atoms with Crippen LogP contribution in [0.1, 0.15) is 19.8 Å². The highest BCUT2D eigenvalue weighted by Gasteiger charge is 2.30. The Kier molecular flexibility index (Phi) is 5.42. The third kappa shape index (κ3) is 4.40. The number of nitrogens with two attached hydrogens (primary N) is 1. The Morgan fingerprint density at radius 1 is 1.67 bits per heavy atom. The number of hydrogen-bond acceptors (Lipinski definition) is 4. The van der Waals surface area contributed by atoms with Crippen LogP contribution in [0.25, 0.3) is 0 Å². The van der Waals surface area contributed by atoms with Gasteiger partial charge in [-0.2, -0.15) is 11.8 Å². The minimum absolute atomic E-state index is 0.112. The lowest BCUT2D eigenvalue weighted by molar-refractivity contribution is -0.148. The van der Waals surface area contributed by atoms with E-state index >= 15 is 0 Å². The van der Waals surface area contributed by atoms with Gasteiger partial charge in [0.05, 0.1) is 6.10 Å². The Balaban J connectivity index is 2.11. The van der Waals surface area contributed by atoms with Crippen molar-refractivity contribution >= 4 is 17.7 Å². The molecule has 0 aromatic heterocycles. The topological polar surface area (TPSA) is 72.6 Å². The molecule has 3 N–H and O–H groups in total. The van der Waals surface area contributed by atoms with E-state index in [1.807, 2.05) is 0 Å². The summed E-state index contributed by atoms with van der Waals surface area (Å²) >= 11 is 1.80. The molecular weight excluding hydrogens is 214 g/mol. The minimum Gasteiger partial charge on any atom is -0.479 e. The first-order valence-corrected chi connectivity index (χ1v) is 6.45. The van der Waals surface area contributed by atoms with Crippen LogP contribution in [0, 0.1) is 5.92 Å². The van der Waals surface area contributed by atoms with E-state index in [9.17, 15) is 4.79 Å². The van der Waals surface area contributed by atoms with Gasteiger partial charge in [-0.3, -0.25) is 0 Å². The second-order valence-corrected chi connectivity index (χ2v) is 5.12. The molecule has 0 amide bonds. The molecule has 0 aromatic carbocycles. The maximum Gasteiger partial charge on any atom is 0.332 e.